The van der Waals surface area contributed by atoms with Gasteiger partial charge in [-0.2, -0.15) is 5.10 Å². The highest BCUT2D eigenvalue weighted by molar-refractivity contribution is 6.03. The SMILES string of the molecule is COC(=O)c1cnc2c(c(C)nn2C)c1N=[N+]=[N-]. The number of esters is 1. The van der Waals surface area contributed by atoms with E-state index in [-0.39, 0.29) is 11.3 Å². The van der Waals surface area contributed by atoms with Crippen LogP contribution in [0.5, 0.6) is 0 Å². The number of nitrogens with zero attached hydrogens (tertiary/aromatic N) is 6. The molecule has 0 spiro atoms. The summed E-state index contributed by atoms with van der Waals surface area (Å²) in [6.07, 6.45) is 1.32. The molecule has 18 heavy (non-hydrogen) atoms. The summed E-state index contributed by atoms with van der Waals surface area (Å²) in [7, 11) is 2.97. The molecule has 0 bridgehead atoms. The van der Waals surface area contributed by atoms with E-state index in [1.807, 2.05) is 0 Å². The lowest BCUT2D eigenvalue weighted by Gasteiger charge is -2.04. The number of ether oxygens (including phenoxy) is 1. The molecule has 0 aliphatic rings. The van der Waals surface area contributed by atoms with Gasteiger partial charge in [-0.1, -0.05) is 5.11 Å². The van der Waals surface area contributed by atoms with Crippen molar-refractivity contribution in [3.8, 4) is 0 Å². The second kappa shape index (κ2) is 4.34. The molecule has 0 saturated carbocycles. The standard InChI is InChI=1S/C10H10N6O2/c1-5-7-8(13-15-11)6(10(17)18-3)4-12-9(7)16(2)14-5/h4H,1-3H3. The number of fused-ring (bicyclic) bond motifs is 1. The van der Waals surface area contributed by atoms with Gasteiger partial charge in [0.2, 0.25) is 0 Å². The van der Waals surface area contributed by atoms with E-state index in [0.717, 1.165) is 0 Å². The minimum absolute atomic E-state index is 0.124. The average Bonchev–Trinajstić information content (AvgIpc) is 2.65. The fourth-order valence-electron chi connectivity index (χ4n) is 1.80. The first kappa shape index (κ1) is 11.9. The first-order valence-corrected chi connectivity index (χ1v) is 5.06. The van der Waals surface area contributed by atoms with Crippen LogP contribution in [0.15, 0.2) is 11.3 Å². The van der Waals surface area contributed by atoms with Gasteiger partial charge in [-0.05, 0) is 12.5 Å². The summed E-state index contributed by atoms with van der Waals surface area (Å²) in [5.74, 6) is -0.602. The average molecular weight is 246 g/mol. The van der Waals surface area contributed by atoms with Crippen molar-refractivity contribution in [3.05, 3.63) is 27.9 Å². The van der Waals surface area contributed by atoms with Crippen molar-refractivity contribution >= 4 is 22.7 Å². The van der Waals surface area contributed by atoms with Crippen LogP contribution in [0, 0.1) is 6.92 Å². The van der Waals surface area contributed by atoms with Gasteiger partial charge in [-0.25, -0.2) is 9.78 Å². The van der Waals surface area contributed by atoms with Crippen LogP contribution in [0.1, 0.15) is 16.1 Å². The van der Waals surface area contributed by atoms with Crippen LogP contribution in [-0.2, 0) is 11.8 Å². The minimum atomic E-state index is -0.602. The fourth-order valence-corrected chi connectivity index (χ4v) is 1.80. The van der Waals surface area contributed by atoms with E-state index in [4.69, 9.17) is 5.53 Å². The molecule has 0 atom stereocenters. The Morgan fingerprint density at radius 2 is 2.33 bits per heavy atom. The molecule has 0 amide bonds. The van der Waals surface area contributed by atoms with Crippen molar-refractivity contribution in [1.29, 1.82) is 0 Å². The van der Waals surface area contributed by atoms with E-state index in [1.165, 1.54) is 13.3 Å². The number of hydrogen-bond donors (Lipinski definition) is 0. The fraction of sp³-hybridized carbons (Fsp3) is 0.300. The zero-order valence-electron chi connectivity index (χ0n) is 10.1. The minimum Gasteiger partial charge on any atom is -0.465 e. The first-order chi connectivity index (χ1) is 8.60. The van der Waals surface area contributed by atoms with Crippen LogP contribution in [0.4, 0.5) is 5.69 Å². The molecule has 0 fully saturated rings. The summed E-state index contributed by atoms with van der Waals surface area (Å²) in [5.41, 5.74) is 10.1. The van der Waals surface area contributed by atoms with E-state index >= 15 is 0 Å². The van der Waals surface area contributed by atoms with Crippen molar-refractivity contribution in [1.82, 2.24) is 14.8 Å². The molecule has 0 aromatic carbocycles. The zero-order valence-corrected chi connectivity index (χ0v) is 10.1. The highest BCUT2D eigenvalue weighted by Gasteiger charge is 2.19. The molecule has 0 radical (unpaired) electrons. The highest BCUT2D eigenvalue weighted by Crippen LogP contribution is 2.31. The summed E-state index contributed by atoms with van der Waals surface area (Å²) < 4.78 is 6.19. The quantitative estimate of drug-likeness (QED) is 0.349. The van der Waals surface area contributed by atoms with E-state index in [1.54, 1.807) is 18.7 Å². The predicted molar refractivity (Wildman–Crippen MR) is 63.4 cm³/mol. The van der Waals surface area contributed by atoms with E-state index < -0.39 is 5.97 Å². The highest BCUT2D eigenvalue weighted by atomic mass is 16.5. The van der Waals surface area contributed by atoms with Crippen LogP contribution < -0.4 is 0 Å². The molecular weight excluding hydrogens is 236 g/mol. The molecule has 0 aliphatic carbocycles. The molecule has 0 aliphatic heterocycles. The maximum atomic E-state index is 11.6. The Labute approximate surface area is 102 Å². The van der Waals surface area contributed by atoms with Gasteiger partial charge < -0.3 is 4.74 Å². The van der Waals surface area contributed by atoms with Gasteiger partial charge in [0.1, 0.15) is 0 Å². The van der Waals surface area contributed by atoms with Crippen LogP contribution in [-0.4, -0.2) is 27.8 Å². The third-order valence-electron chi connectivity index (χ3n) is 2.55. The Kier molecular flexibility index (Phi) is 2.86. The largest absolute Gasteiger partial charge is 0.465 e. The predicted octanol–water partition coefficient (Wildman–Crippen LogP) is 2.01. The number of carbonyl (C=O) groups is 1. The number of aryl methyl sites for hydroxylation is 2. The lowest BCUT2D eigenvalue weighted by atomic mass is 10.1. The second-order valence-corrected chi connectivity index (χ2v) is 3.61. The van der Waals surface area contributed by atoms with Gasteiger partial charge in [0.15, 0.2) is 5.65 Å². The lowest BCUT2D eigenvalue weighted by molar-refractivity contribution is 0.0601. The molecule has 0 unspecified atom stereocenters. The van der Waals surface area contributed by atoms with E-state index in [0.29, 0.717) is 16.7 Å². The Hall–Kier alpha value is -2.60. The van der Waals surface area contributed by atoms with Crippen molar-refractivity contribution in [2.75, 3.05) is 7.11 Å². The summed E-state index contributed by atoms with van der Waals surface area (Å²) in [6, 6.07) is 0. The zero-order chi connectivity index (χ0) is 13.3. The number of azide groups is 1. The van der Waals surface area contributed by atoms with Gasteiger partial charge in [-0.3, -0.25) is 4.68 Å². The van der Waals surface area contributed by atoms with Crippen LogP contribution >= 0.6 is 0 Å². The Morgan fingerprint density at radius 1 is 1.61 bits per heavy atom. The van der Waals surface area contributed by atoms with Gasteiger partial charge in [-0.15, -0.1) is 0 Å². The first-order valence-electron chi connectivity index (χ1n) is 5.06. The van der Waals surface area contributed by atoms with Gasteiger partial charge in [0.05, 0.1) is 29.4 Å². The van der Waals surface area contributed by atoms with Gasteiger partial charge in [0.25, 0.3) is 0 Å². The van der Waals surface area contributed by atoms with Gasteiger partial charge >= 0.3 is 5.97 Å². The molecule has 0 N–H and O–H groups in total. The third kappa shape index (κ3) is 1.64. The second-order valence-electron chi connectivity index (χ2n) is 3.61. The summed E-state index contributed by atoms with van der Waals surface area (Å²) in [4.78, 5) is 18.5. The lowest BCUT2D eigenvalue weighted by Crippen LogP contribution is -2.03. The number of methoxy groups -OCH3 is 1. The number of rotatable bonds is 2. The van der Waals surface area contributed by atoms with E-state index in [2.05, 4.69) is 24.8 Å². The van der Waals surface area contributed by atoms with Crippen molar-refractivity contribution in [2.24, 2.45) is 12.2 Å². The molecular formula is C10H10N6O2. The van der Waals surface area contributed by atoms with Crippen molar-refractivity contribution in [3.63, 3.8) is 0 Å². The number of aromatic nitrogens is 3. The number of hydrogen-bond acceptors (Lipinski definition) is 5. The molecule has 8 nitrogen and oxygen atoms in total. The topological polar surface area (TPSA) is 106 Å². The smallest absolute Gasteiger partial charge is 0.339 e. The van der Waals surface area contributed by atoms with Crippen LogP contribution in [0.25, 0.3) is 21.5 Å². The van der Waals surface area contributed by atoms with Crippen LogP contribution in [0.3, 0.4) is 0 Å². The maximum Gasteiger partial charge on any atom is 0.339 e. The Morgan fingerprint density at radius 3 is 2.94 bits per heavy atom. The van der Waals surface area contributed by atoms with E-state index in [9.17, 15) is 4.79 Å². The van der Waals surface area contributed by atoms with Crippen LogP contribution in [0.2, 0.25) is 0 Å². The normalized spacial score (nSPS) is 10.2. The maximum absolute atomic E-state index is 11.6. The molecule has 0 saturated heterocycles. The third-order valence-corrected chi connectivity index (χ3v) is 2.55. The van der Waals surface area contributed by atoms with Crippen molar-refractivity contribution in [2.45, 2.75) is 6.92 Å². The molecule has 2 heterocycles. The summed E-state index contributed by atoms with van der Waals surface area (Å²) >= 11 is 0. The Balaban J connectivity index is 2.90. The monoisotopic (exact) mass is 246 g/mol. The molecule has 2 aromatic rings. The molecule has 92 valence electrons. The molecule has 2 aromatic heterocycles. The molecule has 8 heteroatoms. The number of pyridine rings is 1. The molecule has 2 rings (SSSR count). The Bertz CT molecular complexity index is 683. The summed E-state index contributed by atoms with van der Waals surface area (Å²) in [6.45, 7) is 1.75. The number of carbonyl (C=O) groups excluding carboxylic acids is 1. The van der Waals surface area contributed by atoms with Crippen molar-refractivity contribution < 1.29 is 9.53 Å². The summed E-state index contributed by atoms with van der Waals surface area (Å²) in [5, 5.41) is 8.30. The van der Waals surface area contributed by atoms with Gasteiger partial charge in [0, 0.05) is 18.2 Å².